The summed E-state index contributed by atoms with van der Waals surface area (Å²) in [6.45, 7) is 0.348. The molecule has 0 radical (unpaired) electrons. The highest BCUT2D eigenvalue weighted by atomic mass is 79.9. The van der Waals surface area contributed by atoms with Gasteiger partial charge in [-0.2, -0.15) is 0 Å². The molecule has 2 amide bonds. The van der Waals surface area contributed by atoms with E-state index in [0.717, 1.165) is 5.56 Å². The molecule has 1 aromatic carbocycles. The van der Waals surface area contributed by atoms with Crippen LogP contribution in [0.3, 0.4) is 0 Å². The number of benzene rings is 1. The highest BCUT2D eigenvalue weighted by Crippen LogP contribution is 1.98. The van der Waals surface area contributed by atoms with Gasteiger partial charge in [-0.3, -0.25) is 9.18 Å². The maximum Gasteiger partial charge on any atom is 0.348 e. The lowest BCUT2D eigenvalue weighted by atomic mass is 10.2. The number of carbonyl (C=O) groups excluding carboxylic acids is 1. The predicted molar refractivity (Wildman–Crippen MR) is 51.8 cm³/mol. The number of hydrogen-bond donors (Lipinski definition) is 2. The van der Waals surface area contributed by atoms with Gasteiger partial charge in [-0.25, -0.2) is 10.3 Å². The molecule has 0 saturated carbocycles. The Kier molecular flexibility index (Phi) is 4.28. The zero-order chi connectivity index (χ0) is 9.52. The van der Waals surface area contributed by atoms with Gasteiger partial charge in [-0.15, -0.1) is 0 Å². The molecule has 0 aliphatic heterocycles. The second-order valence-corrected chi connectivity index (χ2v) is 2.70. The van der Waals surface area contributed by atoms with Crippen LogP contribution in [0, 0.1) is 0 Å². The van der Waals surface area contributed by atoms with Gasteiger partial charge in [0.1, 0.15) is 0 Å². The first kappa shape index (κ1) is 10.0. The van der Waals surface area contributed by atoms with E-state index in [1.165, 1.54) is 0 Å². The summed E-state index contributed by atoms with van der Waals surface area (Å²) in [5.74, 6) is 0. The molecule has 0 atom stereocenters. The molecule has 4 nitrogen and oxygen atoms in total. The van der Waals surface area contributed by atoms with Crippen molar-refractivity contribution in [2.75, 3.05) is 0 Å². The maximum atomic E-state index is 10.6. The number of urea groups is 1. The predicted octanol–water partition coefficient (Wildman–Crippen LogP) is 1.73. The Balaban J connectivity index is 2.24. The van der Waals surface area contributed by atoms with Crippen molar-refractivity contribution < 1.29 is 9.63 Å². The average Bonchev–Trinajstić information content (AvgIpc) is 2.19. The Morgan fingerprint density at radius 2 is 2.08 bits per heavy atom. The molecule has 1 aromatic rings. The molecule has 0 unspecified atom stereocenters. The van der Waals surface area contributed by atoms with Crippen LogP contribution in [0.25, 0.3) is 0 Å². The third-order valence-electron chi connectivity index (χ3n) is 1.33. The molecule has 13 heavy (non-hydrogen) atoms. The Morgan fingerprint density at radius 1 is 1.38 bits per heavy atom. The Labute approximate surface area is 84.6 Å². The maximum absolute atomic E-state index is 10.6. The number of amides is 2. The van der Waals surface area contributed by atoms with Gasteiger partial charge >= 0.3 is 6.03 Å². The van der Waals surface area contributed by atoms with Crippen molar-refractivity contribution in [3.8, 4) is 0 Å². The van der Waals surface area contributed by atoms with Crippen LogP contribution in [0.2, 0.25) is 0 Å². The monoisotopic (exact) mass is 244 g/mol. The minimum atomic E-state index is -0.434. The fourth-order valence-corrected chi connectivity index (χ4v) is 0.859. The summed E-state index contributed by atoms with van der Waals surface area (Å²) in [7, 11) is 0. The molecule has 5 heteroatoms. The zero-order valence-corrected chi connectivity index (χ0v) is 8.37. The summed E-state index contributed by atoms with van der Waals surface area (Å²) < 4.78 is 2.19. The van der Waals surface area contributed by atoms with Crippen molar-refractivity contribution in [1.82, 2.24) is 9.82 Å². The van der Waals surface area contributed by atoms with Crippen molar-refractivity contribution >= 4 is 22.2 Å². The largest absolute Gasteiger partial charge is 0.348 e. The number of nitrogens with one attached hydrogen (secondary N) is 2. The Morgan fingerprint density at radius 3 is 2.69 bits per heavy atom. The molecule has 70 valence electrons. The number of rotatable bonds is 3. The van der Waals surface area contributed by atoms with Gasteiger partial charge in [0.25, 0.3) is 0 Å². The van der Waals surface area contributed by atoms with Gasteiger partial charge in [0, 0.05) is 0 Å². The van der Waals surface area contributed by atoms with Crippen molar-refractivity contribution in [3.05, 3.63) is 35.9 Å². The van der Waals surface area contributed by atoms with Crippen LogP contribution < -0.4 is 9.82 Å². The molecule has 0 aromatic heterocycles. The van der Waals surface area contributed by atoms with E-state index in [4.69, 9.17) is 4.84 Å². The van der Waals surface area contributed by atoms with E-state index in [9.17, 15) is 4.79 Å². The second kappa shape index (κ2) is 5.55. The fourth-order valence-electron chi connectivity index (χ4n) is 0.778. The van der Waals surface area contributed by atoms with Crippen molar-refractivity contribution in [1.29, 1.82) is 0 Å². The van der Waals surface area contributed by atoms with Crippen LogP contribution >= 0.6 is 16.1 Å². The van der Waals surface area contributed by atoms with Crippen molar-refractivity contribution in [2.45, 2.75) is 6.61 Å². The summed E-state index contributed by atoms with van der Waals surface area (Å²) in [6.07, 6.45) is 0. The van der Waals surface area contributed by atoms with E-state index in [1.807, 2.05) is 30.3 Å². The molecule has 0 fully saturated rings. The minimum Gasteiger partial charge on any atom is -0.273 e. The SMILES string of the molecule is O=C(NBr)NOCc1ccccc1. The first-order valence-corrected chi connectivity index (χ1v) is 4.44. The molecule has 2 N–H and O–H groups in total. The van der Waals surface area contributed by atoms with E-state index < -0.39 is 6.03 Å². The van der Waals surface area contributed by atoms with Crippen molar-refractivity contribution in [3.63, 3.8) is 0 Å². The minimum absolute atomic E-state index is 0.348. The van der Waals surface area contributed by atoms with Crippen LogP contribution in [-0.4, -0.2) is 6.03 Å². The van der Waals surface area contributed by atoms with Gasteiger partial charge in [0.2, 0.25) is 0 Å². The van der Waals surface area contributed by atoms with Gasteiger partial charge in [-0.05, 0) is 5.56 Å². The quantitative estimate of drug-likeness (QED) is 0.629. The molecular weight excluding hydrogens is 236 g/mol. The highest BCUT2D eigenvalue weighted by Gasteiger charge is 1.95. The van der Waals surface area contributed by atoms with E-state index in [1.54, 1.807) is 0 Å². The van der Waals surface area contributed by atoms with Crippen molar-refractivity contribution in [2.24, 2.45) is 0 Å². The third-order valence-corrected chi connectivity index (χ3v) is 1.69. The highest BCUT2D eigenvalue weighted by molar-refractivity contribution is 9.08. The molecular formula is C8H9BrN2O2. The molecule has 0 bridgehead atoms. The zero-order valence-electron chi connectivity index (χ0n) is 6.79. The van der Waals surface area contributed by atoms with E-state index in [0.29, 0.717) is 6.61 Å². The van der Waals surface area contributed by atoms with E-state index in [2.05, 4.69) is 26.0 Å². The van der Waals surface area contributed by atoms with Crippen LogP contribution in [0.4, 0.5) is 4.79 Å². The summed E-state index contributed by atoms with van der Waals surface area (Å²) in [4.78, 5) is 15.5. The number of carbonyl (C=O) groups is 1. The Hall–Kier alpha value is -1.07. The molecule has 0 saturated heterocycles. The standard InChI is InChI=1S/C8H9BrN2O2/c9-10-8(12)11-13-6-7-4-2-1-3-5-7/h1-5H,6H2,(H2,10,11,12). The molecule has 0 spiro atoms. The fraction of sp³-hybridized carbons (Fsp3) is 0.125. The second-order valence-electron chi connectivity index (χ2n) is 2.30. The Bertz CT molecular complexity index is 266. The lowest BCUT2D eigenvalue weighted by molar-refractivity contribution is 0.0512. The van der Waals surface area contributed by atoms with Crippen LogP contribution in [0.5, 0.6) is 0 Å². The summed E-state index contributed by atoms with van der Waals surface area (Å²) in [5, 5.41) is 0. The first-order valence-electron chi connectivity index (χ1n) is 3.65. The molecule has 1 rings (SSSR count). The summed E-state index contributed by atoms with van der Waals surface area (Å²) >= 11 is 2.76. The normalized spacial score (nSPS) is 9.31. The molecule has 0 aliphatic rings. The first-order chi connectivity index (χ1) is 6.33. The van der Waals surface area contributed by atoms with Gasteiger partial charge in [0.15, 0.2) is 0 Å². The van der Waals surface area contributed by atoms with Gasteiger partial charge in [0.05, 0.1) is 22.8 Å². The van der Waals surface area contributed by atoms with Crippen LogP contribution in [0.15, 0.2) is 30.3 Å². The summed E-state index contributed by atoms with van der Waals surface area (Å²) in [6, 6.07) is 9.12. The topological polar surface area (TPSA) is 50.4 Å². The third kappa shape index (κ3) is 3.91. The summed E-state index contributed by atoms with van der Waals surface area (Å²) in [5.41, 5.74) is 3.18. The van der Waals surface area contributed by atoms with Crippen LogP contribution in [0.1, 0.15) is 5.56 Å². The molecule has 0 heterocycles. The number of hydrogen-bond acceptors (Lipinski definition) is 2. The number of hydroxylamine groups is 1. The number of halogens is 1. The van der Waals surface area contributed by atoms with E-state index >= 15 is 0 Å². The molecule has 0 aliphatic carbocycles. The van der Waals surface area contributed by atoms with Gasteiger partial charge < -0.3 is 0 Å². The smallest absolute Gasteiger partial charge is 0.273 e. The van der Waals surface area contributed by atoms with E-state index in [-0.39, 0.29) is 0 Å². The average molecular weight is 245 g/mol. The lowest BCUT2D eigenvalue weighted by Crippen LogP contribution is -2.29. The lowest BCUT2D eigenvalue weighted by Gasteiger charge is -2.03. The van der Waals surface area contributed by atoms with Gasteiger partial charge in [-0.1, -0.05) is 30.3 Å². The van der Waals surface area contributed by atoms with Crippen LogP contribution in [-0.2, 0) is 11.4 Å².